The number of hydrogen-bond acceptors (Lipinski definition) is 4. The van der Waals surface area contributed by atoms with E-state index in [-0.39, 0.29) is 5.97 Å². The Morgan fingerprint density at radius 3 is 2.48 bits per heavy atom. The maximum Gasteiger partial charge on any atom is 0.410 e. The van der Waals surface area contributed by atoms with Gasteiger partial charge in [0.05, 0.1) is 25.7 Å². The van der Waals surface area contributed by atoms with Gasteiger partial charge in [0.15, 0.2) is 0 Å². The fourth-order valence-electron chi connectivity index (χ4n) is 3.03. The molecule has 0 bridgehead atoms. The predicted molar refractivity (Wildman–Crippen MR) is 77.8 cm³/mol. The van der Waals surface area contributed by atoms with Gasteiger partial charge in [0.1, 0.15) is 0 Å². The first-order valence-electron chi connectivity index (χ1n) is 6.94. The Hall–Kier alpha value is -2.04. The van der Waals surface area contributed by atoms with Gasteiger partial charge in [-0.1, -0.05) is 24.3 Å². The molecule has 2 rings (SSSR count). The summed E-state index contributed by atoms with van der Waals surface area (Å²) >= 11 is 0. The van der Waals surface area contributed by atoms with Crippen molar-refractivity contribution in [2.45, 2.75) is 26.3 Å². The van der Waals surface area contributed by atoms with Crippen molar-refractivity contribution in [3.05, 3.63) is 35.4 Å². The minimum atomic E-state index is -0.862. The minimum Gasteiger partial charge on any atom is -0.469 e. The first-order chi connectivity index (χ1) is 9.93. The van der Waals surface area contributed by atoms with E-state index in [1.54, 1.807) is 18.7 Å². The number of fused-ring (bicyclic) bond motifs is 1. The Balaban J connectivity index is 2.53. The van der Waals surface area contributed by atoms with Crippen LogP contribution in [-0.2, 0) is 20.7 Å². The molecule has 0 radical (unpaired) electrons. The highest BCUT2D eigenvalue weighted by atomic mass is 16.5. The van der Waals surface area contributed by atoms with Crippen LogP contribution in [0.3, 0.4) is 0 Å². The number of carbonyl (C=O) groups excluding carboxylic acids is 2. The van der Waals surface area contributed by atoms with E-state index in [9.17, 15) is 9.59 Å². The number of esters is 1. The maximum absolute atomic E-state index is 12.2. The van der Waals surface area contributed by atoms with Crippen LogP contribution in [0.15, 0.2) is 24.3 Å². The molecule has 1 amide bonds. The van der Waals surface area contributed by atoms with Crippen LogP contribution in [0.1, 0.15) is 31.0 Å². The monoisotopic (exact) mass is 291 g/mol. The molecule has 114 valence electrons. The molecule has 1 aromatic rings. The van der Waals surface area contributed by atoms with Crippen molar-refractivity contribution in [2.75, 3.05) is 20.8 Å². The average Bonchev–Trinajstić information content (AvgIpc) is 2.51. The van der Waals surface area contributed by atoms with Crippen LogP contribution in [0, 0.1) is 5.41 Å². The number of amides is 1. The lowest BCUT2D eigenvalue weighted by atomic mass is 9.76. The second kappa shape index (κ2) is 5.76. The number of rotatable bonds is 2. The number of methoxy groups -OCH3 is 2. The Morgan fingerprint density at radius 1 is 1.19 bits per heavy atom. The summed E-state index contributed by atoms with van der Waals surface area (Å²) in [4.78, 5) is 25.9. The standard InChI is InChI=1S/C16H21NO4/c1-16(2,14(18)20-3)13-12-8-6-5-7-11(12)9-10-17(13)15(19)21-4/h5-8,13H,9-10H2,1-4H3. The van der Waals surface area contributed by atoms with Gasteiger partial charge in [-0.25, -0.2) is 4.79 Å². The summed E-state index contributed by atoms with van der Waals surface area (Å²) in [6.07, 6.45) is 0.324. The molecule has 1 aliphatic rings. The van der Waals surface area contributed by atoms with Gasteiger partial charge in [0.2, 0.25) is 0 Å². The average molecular weight is 291 g/mol. The van der Waals surface area contributed by atoms with E-state index in [1.165, 1.54) is 14.2 Å². The SMILES string of the molecule is COC(=O)N1CCc2ccccc2C1C(C)(C)C(=O)OC. The third kappa shape index (κ3) is 2.60. The van der Waals surface area contributed by atoms with Crippen molar-refractivity contribution in [3.8, 4) is 0 Å². The van der Waals surface area contributed by atoms with E-state index in [4.69, 9.17) is 9.47 Å². The van der Waals surface area contributed by atoms with Crippen molar-refractivity contribution < 1.29 is 19.1 Å². The van der Waals surface area contributed by atoms with E-state index in [1.807, 2.05) is 24.3 Å². The molecule has 1 aliphatic heterocycles. The largest absolute Gasteiger partial charge is 0.469 e. The van der Waals surface area contributed by atoms with E-state index >= 15 is 0 Å². The molecule has 1 atom stereocenters. The number of benzene rings is 1. The maximum atomic E-state index is 12.2. The van der Waals surface area contributed by atoms with Crippen molar-refractivity contribution in [2.24, 2.45) is 5.41 Å². The Morgan fingerprint density at radius 2 is 1.86 bits per heavy atom. The topological polar surface area (TPSA) is 55.8 Å². The first-order valence-corrected chi connectivity index (χ1v) is 6.94. The van der Waals surface area contributed by atoms with Crippen LogP contribution in [0.2, 0.25) is 0 Å². The molecule has 0 aromatic heterocycles. The molecule has 0 saturated carbocycles. The van der Waals surface area contributed by atoms with Crippen LogP contribution in [0.25, 0.3) is 0 Å². The molecule has 1 aromatic carbocycles. The molecule has 1 unspecified atom stereocenters. The van der Waals surface area contributed by atoms with Gasteiger partial charge in [-0.15, -0.1) is 0 Å². The van der Waals surface area contributed by atoms with Crippen LogP contribution in [-0.4, -0.2) is 37.7 Å². The van der Waals surface area contributed by atoms with Crippen molar-refractivity contribution in [3.63, 3.8) is 0 Å². The van der Waals surface area contributed by atoms with E-state index in [2.05, 4.69) is 0 Å². The minimum absolute atomic E-state index is 0.349. The zero-order valence-corrected chi connectivity index (χ0v) is 12.9. The lowest BCUT2D eigenvalue weighted by Gasteiger charge is -2.43. The fourth-order valence-corrected chi connectivity index (χ4v) is 3.03. The highest BCUT2D eigenvalue weighted by molar-refractivity contribution is 5.79. The highest BCUT2D eigenvalue weighted by Crippen LogP contribution is 2.43. The van der Waals surface area contributed by atoms with Crippen molar-refractivity contribution in [1.29, 1.82) is 0 Å². The van der Waals surface area contributed by atoms with Gasteiger partial charge in [-0.2, -0.15) is 0 Å². The van der Waals surface area contributed by atoms with Crippen molar-refractivity contribution in [1.82, 2.24) is 4.90 Å². The van der Waals surface area contributed by atoms with Gasteiger partial charge in [-0.3, -0.25) is 9.69 Å². The molecule has 5 nitrogen and oxygen atoms in total. The summed E-state index contributed by atoms with van der Waals surface area (Å²) in [6, 6.07) is 7.47. The molecule has 0 spiro atoms. The van der Waals surface area contributed by atoms with Gasteiger partial charge >= 0.3 is 12.1 Å². The first kappa shape index (κ1) is 15.4. The summed E-state index contributed by atoms with van der Waals surface area (Å²) in [5.41, 5.74) is 1.27. The molecular formula is C16H21NO4. The van der Waals surface area contributed by atoms with Crippen LogP contribution in [0.4, 0.5) is 4.79 Å². The zero-order chi connectivity index (χ0) is 15.6. The lowest BCUT2D eigenvalue weighted by molar-refractivity contribution is -0.155. The normalized spacial score (nSPS) is 17.9. The Kier molecular flexibility index (Phi) is 4.21. The molecular weight excluding hydrogens is 270 g/mol. The van der Waals surface area contributed by atoms with Gasteiger partial charge in [0.25, 0.3) is 0 Å². The number of hydrogen-bond donors (Lipinski definition) is 0. The molecule has 0 fully saturated rings. The third-order valence-corrected chi connectivity index (χ3v) is 4.09. The second-order valence-corrected chi connectivity index (χ2v) is 5.73. The van der Waals surface area contributed by atoms with Crippen LogP contribution >= 0.6 is 0 Å². The van der Waals surface area contributed by atoms with Crippen LogP contribution in [0.5, 0.6) is 0 Å². The summed E-state index contributed by atoms with van der Waals surface area (Å²) in [6.45, 7) is 4.11. The lowest BCUT2D eigenvalue weighted by Crippen LogP contribution is -2.49. The van der Waals surface area contributed by atoms with Gasteiger partial charge in [-0.05, 0) is 31.4 Å². The predicted octanol–water partition coefficient (Wildman–Crippen LogP) is 2.55. The van der Waals surface area contributed by atoms with Gasteiger partial charge < -0.3 is 9.47 Å². The molecule has 0 aliphatic carbocycles. The summed E-state index contributed by atoms with van der Waals surface area (Å²) in [7, 11) is 2.71. The molecule has 1 heterocycles. The smallest absolute Gasteiger partial charge is 0.410 e. The Bertz CT molecular complexity index is 553. The molecule has 0 N–H and O–H groups in total. The second-order valence-electron chi connectivity index (χ2n) is 5.73. The van der Waals surface area contributed by atoms with E-state index in [0.717, 1.165) is 17.5 Å². The zero-order valence-electron chi connectivity index (χ0n) is 12.9. The molecule has 0 saturated heterocycles. The van der Waals surface area contributed by atoms with E-state index in [0.29, 0.717) is 6.54 Å². The summed E-state index contributed by atoms with van der Waals surface area (Å²) in [5.74, 6) is -0.349. The Labute approximate surface area is 124 Å². The summed E-state index contributed by atoms with van der Waals surface area (Å²) < 4.78 is 9.81. The van der Waals surface area contributed by atoms with Crippen LogP contribution < -0.4 is 0 Å². The number of nitrogens with zero attached hydrogens (tertiary/aromatic N) is 1. The number of ether oxygens (including phenoxy) is 2. The molecule has 21 heavy (non-hydrogen) atoms. The van der Waals surface area contributed by atoms with Crippen molar-refractivity contribution >= 4 is 12.1 Å². The number of carbonyl (C=O) groups is 2. The highest BCUT2D eigenvalue weighted by Gasteiger charge is 2.46. The summed E-state index contributed by atoms with van der Waals surface area (Å²) in [5, 5.41) is 0. The molecule has 5 heteroatoms. The fraction of sp³-hybridized carbons (Fsp3) is 0.500. The quantitative estimate of drug-likeness (QED) is 0.786. The third-order valence-electron chi connectivity index (χ3n) is 4.09. The van der Waals surface area contributed by atoms with Gasteiger partial charge in [0, 0.05) is 6.54 Å². The van der Waals surface area contributed by atoms with E-state index < -0.39 is 17.6 Å².